The quantitative estimate of drug-likeness (QED) is 0.698. The van der Waals surface area contributed by atoms with Crippen molar-refractivity contribution in [3.8, 4) is 0 Å². The van der Waals surface area contributed by atoms with E-state index in [0.29, 0.717) is 12.2 Å². The van der Waals surface area contributed by atoms with Gasteiger partial charge in [-0.2, -0.15) is 0 Å². The number of pyridine rings is 1. The van der Waals surface area contributed by atoms with Gasteiger partial charge in [0.05, 0.1) is 6.10 Å². The van der Waals surface area contributed by atoms with E-state index in [1.54, 1.807) is 6.20 Å². The maximum absolute atomic E-state index is 9.46. The third-order valence-corrected chi connectivity index (χ3v) is 1.91. The molecular weight excluding hydrogens is 152 g/mol. The summed E-state index contributed by atoms with van der Waals surface area (Å²) in [6.45, 7) is 3.81. The molecule has 0 fully saturated rings. The minimum Gasteiger partial charge on any atom is -0.388 e. The number of aliphatic hydroxyl groups excluding tert-OH is 1. The van der Waals surface area contributed by atoms with E-state index in [0.717, 1.165) is 11.1 Å². The molecular formula is C9H14N2O. The molecule has 0 aliphatic heterocycles. The maximum atomic E-state index is 9.46. The van der Waals surface area contributed by atoms with Crippen molar-refractivity contribution < 1.29 is 5.11 Å². The SMILES string of the molecule is CC[C@@H](O)c1cnc(N)c(C)c1. The fourth-order valence-electron chi connectivity index (χ4n) is 1.03. The van der Waals surface area contributed by atoms with Gasteiger partial charge in [0, 0.05) is 6.20 Å². The minimum absolute atomic E-state index is 0.420. The fourth-order valence-corrected chi connectivity index (χ4v) is 1.03. The van der Waals surface area contributed by atoms with Gasteiger partial charge >= 0.3 is 0 Å². The Labute approximate surface area is 72.2 Å². The zero-order valence-corrected chi connectivity index (χ0v) is 7.41. The van der Waals surface area contributed by atoms with E-state index in [1.165, 1.54) is 0 Å². The van der Waals surface area contributed by atoms with E-state index in [2.05, 4.69) is 4.98 Å². The van der Waals surface area contributed by atoms with Gasteiger partial charge in [-0.3, -0.25) is 0 Å². The van der Waals surface area contributed by atoms with E-state index < -0.39 is 6.10 Å². The summed E-state index contributed by atoms with van der Waals surface area (Å²) in [6, 6.07) is 1.87. The number of anilines is 1. The molecule has 3 nitrogen and oxygen atoms in total. The lowest BCUT2D eigenvalue weighted by atomic mass is 10.1. The summed E-state index contributed by atoms with van der Waals surface area (Å²) >= 11 is 0. The maximum Gasteiger partial charge on any atom is 0.126 e. The van der Waals surface area contributed by atoms with Crippen molar-refractivity contribution in [1.82, 2.24) is 4.98 Å². The number of rotatable bonds is 2. The molecule has 12 heavy (non-hydrogen) atoms. The molecule has 0 saturated heterocycles. The van der Waals surface area contributed by atoms with Crippen LogP contribution in [0.2, 0.25) is 0 Å². The highest BCUT2D eigenvalue weighted by Crippen LogP contribution is 2.18. The number of aromatic nitrogens is 1. The van der Waals surface area contributed by atoms with E-state index >= 15 is 0 Å². The number of nitrogens with zero attached hydrogens (tertiary/aromatic N) is 1. The second kappa shape index (κ2) is 3.54. The summed E-state index contributed by atoms with van der Waals surface area (Å²) in [6.07, 6.45) is 1.90. The predicted molar refractivity (Wildman–Crippen MR) is 48.6 cm³/mol. The standard InChI is InChI=1S/C9H14N2O/c1-3-8(12)7-4-6(2)9(10)11-5-7/h4-5,8,12H,3H2,1-2H3,(H2,10,11)/t8-/m1/s1. The summed E-state index contributed by atoms with van der Waals surface area (Å²) in [7, 11) is 0. The van der Waals surface area contributed by atoms with Crippen molar-refractivity contribution in [1.29, 1.82) is 0 Å². The van der Waals surface area contributed by atoms with Crippen LogP contribution < -0.4 is 5.73 Å². The lowest BCUT2D eigenvalue weighted by molar-refractivity contribution is 0.173. The molecule has 0 unspecified atom stereocenters. The number of hydrogen-bond acceptors (Lipinski definition) is 3. The molecule has 3 heteroatoms. The lowest BCUT2D eigenvalue weighted by Crippen LogP contribution is -2.00. The summed E-state index contributed by atoms with van der Waals surface area (Å²) in [5, 5.41) is 9.46. The molecule has 0 spiro atoms. The molecule has 0 aliphatic rings. The molecule has 66 valence electrons. The van der Waals surface area contributed by atoms with E-state index in [4.69, 9.17) is 5.73 Å². The smallest absolute Gasteiger partial charge is 0.126 e. The van der Waals surface area contributed by atoms with Gasteiger partial charge in [-0.1, -0.05) is 6.92 Å². The largest absolute Gasteiger partial charge is 0.388 e. The Morgan fingerprint density at radius 2 is 2.33 bits per heavy atom. The molecule has 1 aromatic rings. The average molecular weight is 166 g/mol. The lowest BCUT2D eigenvalue weighted by Gasteiger charge is -2.08. The second-order valence-electron chi connectivity index (χ2n) is 2.89. The molecule has 1 atom stereocenters. The summed E-state index contributed by atoms with van der Waals surface area (Å²) < 4.78 is 0. The topological polar surface area (TPSA) is 59.1 Å². The van der Waals surface area contributed by atoms with Crippen LogP contribution in [-0.2, 0) is 0 Å². The normalized spacial score (nSPS) is 12.9. The minimum atomic E-state index is -0.420. The highest BCUT2D eigenvalue weighted by Gasteiger charge is 2.05. The zero-order valence-electron chi connectivity index (χ0n) is 7.41. The first-order valence-corrected chi connectivity index (χ1v) is 4.05. The first-order chi connectivity index (χ1) is 5.65. The Kier molecular flexibility index (Phi) is 2.65. The predicted octanol–water partition coefficient (Wildman–Crippen LogP) is 1.42. The third-order valence-electron chi connectivity index (χ3n) is 1.91. The molecule has 0 aliphatic carbocycles. The monoisotopic (exact) mass is 166 g/mol. The third kappa shape index (κ3) is 1.74. The van der Waals surface area contributed by atoms with Crippen LogP contribution in [0.25, 0.3) is 0 Å². The van der Waals surface area contributed by atoms with Gasteiger partial charge in [0.2, 0.25) is 0 Å². The summed E-state index contributed by atoms with van der Waals surface area (Å²) in [4.78, 5) is 3.97. The molecule has 1 rings (SSSR count). The Morgan fingerprint density at radius 1 is 1.67 bits per heavy atom. The van der Waals surface area contributed by atoms with Crippen LogP contribution in [0.15, 0.2) is 12.3 Å². The summed E-state index contributed by atoms with van der Waals surface area (Å²) in [5.41, 5.74) is 7.29. The Balaban J connectivity index is 2.96. The van der Waals surface area contributed by atoms with Crippen LogP contribution >= 0.6 is 0 Å². The van der Waals surface area contributed by atoms with Gasteiger partial charge in [0.15, 0.2) is 0 Å². The van der Waals surface area contributed by atoms with E-state index in [1.807, 2.05) is 19.9 Å². The van der Waals surface area contributed by atoms with Gasteiger partial charge in [-0.25, -0.2) is 4.98 Å². The van der Waals surface area contributed by atoms with E-state index in [-0.39, 0.29) is 0 Å². The van der Waals surface area contributed by atoms with Gasteiger partial charge < -0.3 is 10.8 Å². The fraction of sp³-hybridized carbons (Fsp3) is 0.444. The molecule has 0 radical (unpaired) electrons. The van der Waals surface area contributed by atoms with Crippen LogP contribution in [0.1, 0.15) is 30.6 Å². The number of hydrogen-bond donors (Lipinski definition) is 2. The van der Waals surface area contributed by atoms with Crippen molar-refractivity contribution in [2.45, 2.75) is 26.4 Å². The zero-order chi connectivity index (χ0) is 9.14. The Bertz CT molecular complexity index is 273. The van der Waals surface area contributed by atoms with Crippen molar-refractivity contribution in [3.63, 3.8) is 0 Å². The van der Waals surface area contributed by atoms with Gasteiger partial charge in [0.25, 0.3) is 0 Å². The molecule has 3 N–H and O–H groups in total. The molecule has 0 bridgehead atoms. The van der Waals surface area contributed by atoms with Crippen molar-refractivity contribution >= 4 is 5.82 Å². The first-order valence-electron chi connectivity index (χ1n) is 4.05. The van der Waals surface area contributed by atoms with E-state index in [9.17, 15) is 5.11 Å². The highest BCUT2D eigenvalue weighted by molar-refractivity contribution is 5.40. The van der Waals surface area contributed by atoms with Crippen molar-refractivity contribution in [2.24, 2.45) is 0 Å². The van der Waals surface area contributed by atoms with Gasteiger partial charge in [-0.05, 0) is 30.5 Å². The molecule has 1 aromatic heterocycles. The number of nitrogen functional groups attached to an aromatic ring is 1. The molecule has 1 heterocycles. The number of aliphatic hydroxyl groups is 1. The Morgan fingerprint density at radius 3 is 2.83 bits per heavy atom. The van der Waals surface area contributed by atoms with Crippen molar-refractivity contribution in [3.05, 3.63) is 23.4 Å². The van der Waals surface area contributed by atoms with Crippen LogP contribution in [0.5, 0.6) is 0 Å². The van der Waals surface area contributed by atoms with Gasteiger partial charge in [0.1, 0.15) is 5.82 Å². The van der Waals surface area contributed by atoms with Crippen LogP contribution in [0, 0.1) is 6.92 Å². The number of nitrogens with two attached hydrogens (primary N) is 1. The van der Waals surface area contributed by atoms with Crippen LogP contribution in [0.3, 0.4) is 0 Å². The van der Waals surface area contributed by atoms with Crippen LogP contribution in [0.4, 0.5) is 5.82 Å². The molecule has 0 amide bonds. The Hall–Kier alpha value is -1.09. The highest BCUT2D eigenvalue weighted by atomic mass is 16.3. The van der Waals surface area contributed by atoms with Crippen molar-refractivity contribution in [2.75, 3.05) is 5.73 Å². The van der Waals surface area contributed by atoms with Gasteiger partial charge in [-0.15, -0.1) is 0 Å². The number of aryl methyl sites for hydroxylation is 1. The molecule has 0 aromatic carbocycles. The first kappa shape index (κ1) is 9.00. The molecule has 0 saturated carbocycles. The second-order valence-corrected chi connectivity index (χ2v) is 2.89. The van der Waals surface area contributed by atoms with Crippen LogP contribution in [-0.4, -0.2) is 10.1 Å². The summed E-state index contributed by atoms with van der Waals surface area (Å²) in [5.74, 6) is 0.530. The average Bonchev–Trinajstić information content (AvgIpc) is 2.08.